The van der Waals surface area contributed by atoms with Crippen molar-refractivity contribution in [3.8, 4) is 0 Å². The first-order chi connectivity index (χ1) is 6.58. The summed E-state index contributed by atoms with van der Waals surface area (Å²) in [7, 11) is 0. The molecule has 0 amide bonds. The van der Waals surface area contributed by atoms with Crippen molar-refractivity contribution in [2.45, 2.75) is 6.92 Å². The van der Waals surface area contributed by atoms with Crippen LogP contribution in [0.4, 0.5) is 0 Å². The summed E-state index contributed by atoms with van der Waals surface area (Å²) in [6.45, 7) is 1.92. The second-order valence-corrected chi connectivity index (χ2v) is 4.28. The lowest BCUT2D eigenvalue weighted by Gasteiger charge is -2.04. The Morgan fingerprint density at radius 2 is 1.79 bits per heavy atom. The zero-order valence-corrected chi connectivity index (χ0v) is 9.58. The maximum Gasteiger partial charge on any atom is 0.131 e. The second kappa shape index (κ2) is 3.58. The van der Waals surface area contributed by atoms with E-state index in [9.17, 15) is 0 Å². The molecule has 14 heavy (non-hydrogen) atoms. The van der Waals surface area contributed by atoms with E-state index < -0.39 is 0 Å². The quantitative estimate of drug-likeness (QED) is 0.624. The number of benzene rings is 1. The third-order valence-corrected chi connectivity index (χ3v) is 2.71. The Labute approximate surface area is 96.6 Å². The van der Waals surface area contributed by atoms with Crippen LogP contribution in [0.3, 0.4) is 0 Å². The van der Waals surface area contributed by atoms with Crippen molar-refractivity contribution in [3.63, 3.8) is 0 Å². The van der Waals surface area contributed by atoms with Crippen LogP contribution >= 0.6 is 34.8 Å². The second-order valence-electron chi connectivity index (χ2n) is 3.05. The Morgan fingerprint density at radius 1 is 1.07 bits per heavy atom. The van der Waals surface area contributed by atoms with Crippen molar-refractivity contribution in [2.24, 2.45) is 0 Å². The van der Waals surface area contributed by atoms with Gasteiger partial charge in [0, 0.05) is 10.4 Å². The molecule has 1 nitrogen and oxygen atoms in total. The Balaban J connectivity index is 2.94. The monoisotopic (exact) mass is 245 g/mol. The lowest BCUT2D eigenvalue weighted by atomic mass is 10.1. The molecule has 0 aliphatic heterocycles. The smallest absolute Gasteiger partial charge is 0.131 e. The van der Waals surface area contributed by atoms with Crippen LogP contribution in [0.15, 0.2) is 18.2 Å². The number of aryl methyl sites for hydroxylation is 1. The SMILES string of the molecule is Cc1cc(Cl)cc2c(Cl)cc(Cl)nc12. The van der Waals surface area contributed by atoms with E-state index in [1.807, 2.05) is 13.0 Å². The van der Waals surface area contributed by atoms with E-state index in [2.05, 4.69) is 4.98 Å². The van der Waals surface area contributed by atoms with E-state index in [1.54, 1.807) is 12.1 Å². The number of hydrogen-bond donors (Lipinski definition) is 0. The molecule has 0 spiro atoms. The van der Waals surface area contributed by atoms with Crippen molar-refractivity contribution in [3.05, 3.63) is 39.0 Å². The molecular weight excluding hydrogens is 240 g/mol. The molecule has 0 radical (unpaired) electrons. The third-order valence-electron chi connectivity index (χ3n) is 1.99. The first-order valence-corrected chi connectivity index (χ1v) is 5.13. The lowest BCUT2D eigenvalue weighted by molar-refractivity contribution is 1.37. The van der Waals surface area contributed by atoms with E-state index in [1.165, 1.54) is 0 Å². The highest BCUT2D eigenvalue weighted by molar-refractivity contribution is 6.38. The molecule has 1 aromatic heterocycles. The van der Waals surface area contributed by atoms with Gasteiger partial charge in [0.05, 0.1) is 10.5 Å². The normalized spacial score (nSPS) is 10.9. The third kappa shape index (κ3) is 1.68. The van der Waals surface area contributed by atoms with Crippen LogP contribution in [0, 0.1) is 6.92 Å². The summed E-state index contributed by atoms with van der Waals surface area (Å²) < 4.78 is 0. The zero-order valence-electron chi connectivity index (χ0n) is 7.31. The number of fused-ring (bicyclic) bond motifs is 1. The number of aromatic nitrogens is 1. The minimum Gasteiger partial charge on any atom is -0.236 e. The van der Waals surface area contributed by atoms with Gasteiger partial charge >= 0.3 is 0 Å². The number of rotatable bonds is 0. The fraction of sp³-hybridized carbons (Fsp3) is 0.100. The van der Waals surface area contributed by atoms with E-state index >= 15 is 0 Å². The van der Waals surface area contributed by atoms with E-state index in [-0.39, 0.29) is 0 Å². The number of nitrogens with zero attached hydrogens (tertiary/aromatic N) is 1. The first kappa shape index (κ1) is 10.0. The summed E-state index contributed by atoms with van der Waals surface area (Å²) >= 11 is 17.7. The maximum absolute atomic E-state index is 6.02. The minimum atomic E-state index is 0.396. The molecule has 0 unspecified atom stereocenters. The van der Waals surface area contributed by atoms with Crippen LogP contribution in [0.5, 0.6) is 0 Å². The molecule has 0 atom stereocenters. The Hall–Kier alpha value is -0.500. The largest absolute Gasteiger partial charge is 0.236 e. The molecule has 2 rings (SSSR count). The van der Waals surface area contributed by atoms with Crippen molar-refractivity contribution < 1.29 is 0 Å². The molecule has 1 heterocycles. The van der Waals surface area contributed by atoms with Crippen LogP contribution in [0.2, 0.25) is 15.2 Å². The van der Waals surface area contributed by atoms with Crippen LogP contribution < -0.4 is 0 Å². The van der Waals surface area contributed by atoms with Crippen molar-refractivity contribution in [1.29, 1.82) is 0 Å². The van der Waals surface area contributed by atoms with Crippen molar-refractivity contribution in [2.75, 3.05) is 0 Å². The van der Waals surface area contributed by atoms with Gasteiger partial charge in [-0.15, -0.1) is 0 Å². The Bertz CT molecular complexity index is 461. The molecule has 0 aliphatic carbocycles. The highest BCUT2D eigenvalue weighted by atomic mass is 35.5. The van der Waals surface area contributed by atoms with E-state index in [4.69, 9.17) is 34.8 Å². The molecule has 0 bridgehead atoms. The highest BCUT2D eigenvalue weighted by Gasteiger charge is 2.06. The predicted molar refractivity (Wildman–Crippen MR) is 61.5 cm³/mol. The molecule has 2 aromatic rings. The van der Waals surface area contributed by atoms with E-state index in [0.717, 1.165) is 16.5 Å². The Kier molecular flexibility index (Phi) is 2.56. The molecular formula is C10H6Cl3N. The summed E-state index contributed by atoms with van der Waals surface area (Å²) in [5.74, 6) is 0. The molecule has 1 aromatic carbocycles. The highest BCUT2D eigenvalue weighted by Crippen LogP contribution is 2.29. The molecule has 0 saturated carbocycles. The average molecular weight is 247 g/mol. The summed E-state index contributed by atoms with van der Waals surface area (Å²) in [4.78, 5) is 4.20. The van der Waals surface area contributed by atoms with Gasteiger partial charge in [-0.3, -0.25) is 0 Å². The summed E-state index contributed by atoms with van der Waals surface area (Å²) in [5, 5.41) is 2.46. The standard InChI is InChI=1S/C10H6Cl3N/c1-5-2-6(11)3-7-8(12)4-9(13)14-10(5)7/h2-4H,1H3. The number of hydrogen-bond acceptors (Lipinski definition) is 1. The fourth-order valence-electron chi connectivity index (χ4n) is 1.39. The van der Waals surface area contributed by atoms with Crippen LogP contribution in [0.25, 0.3) is 10.9 Å². The van der Waals surface area contributed by atoms with Crippen LogP contribution in [-0.2, 0) is 0 Å². The molecule has 0 saturated heterocycles. The fourth-order valence-corrected chi connectivity index (χ4v) is 2.16. The molecule has 72 valence electrons. The minimum absolute atomic E-state index is 0.396. The van der Waals surface area contributed by atoms with Gasteiger partial charge in [0.2, 0.25) is 0 Å². The average Bonchev–Trinajstić information content (AvgIpc) is 2.07. The van der Waals surface area contributed by atoms with Crippen molar-refractivity contribution in [1.82, 2.24) is 4.98 Å². The van der Waals surface area contributed by atoms with Gasteiger partial charge in [-0.25, -0.2) is 4.98 Å². The van der Waals surface area contributed by atoms with Crippen molar-refractivity contribution >= 4 is 45.7 Å². The first-order valence-electron chi connectivity index (χ1n) is 4.00. The zero-order chi connectivity index (χ0) is 10.3. The van der Waals surface area contributed by atoms with Gasteiger partial charge in [-0.2, -0.15) is 0 Å². The predicted octanol–water partition coefficient (Wildman–Crippen LogP) is 4.50. The van der Waals surface area contributed by atoms with Gasteiger partial charge in [-0.05, 0) is 30.7 Å². The summed E-state index contributed by atoms with van der Waals surface area (Å²) in [6.07, 6.45) is 0. The molecule has 0 aliphatic rings. The lowest BCUT2D eigenvalue weighted by Crippen LogP contribution is -1.85. The van der Waals surface area contributed by atoms with Gasteiger partial charge in [0.25, 0.3) is 0 Å². The molecule has 0 N–H and O–H groups in total. The molecule has 4 heteroatoms. The van der Waals surface area contributed by atoms with E-state index in [0.29, 0.717) is 15.2 Å². The maximum atomic E-state index is 6.02. The van der Waals surface area contributed by atoms with Gasteiger partial charge in [-0.1, -0.05) is 34.8 Å². The van der Waals surface area contributed by atoms with Crippen LogP contribution in [0.1, 0.15) is 5.56 Å². The molecule has 0 fully saturated rings. The summed E-state index contributed by atoms with van der Waals surface area (Å²) in [6, 6.07) is 5.24. The van der Waals surface area contributed by atoms with Gasteiger partial charge in [0.15, 0.2) is 0 Å². The topological polar surface area (TPSA) is 12.9 Å². The van der Waals surface area contributed by atoms with Crippen LogP contribution in [-0.4, -0.2) is 4.98 Å². The number of pyridine rings is 1. The van der Waals surface area contributed by atoms with Gasteiger partial charge < -0.3 is 0 Å². The van der Waals surface area contributed by atoms with Gasteiger partial charge in [0.1, 0.15) is 5.15 Å². The summed E-state index contributed by atoms with van der Waals surface area (Å²) in [5.41, 5.74) is 1.77. The number of halogens is 3. The Morgan fingerprint density at radius 3 is 2.50 bits per heavy atom.